The summed E-state index contributed by atoms with van der Waals surface area (Å²) in [6.45, 7) is 2.15. The normalized spacial score (nSPS) is 27.4. The highest BCUT2D eigenvalue weighted by molar-refractivity contribution is 5.35. The molecule has 1 aliphatic carbocycles. The van der Waals surface area contributed by atoms with Crippen LogP contribution in [0.3, 0.4) is 0 Å². The van der Waals surface area contributed by atoms with Gasteiger partial charge in [0.2, 0.25) is 0 Å². The van der Waals surface area contributed by atoms with Crippen LogP contribution in [-0.2, 0) is 11.7 Å². The number of benzene rings is 1. The van der Waals surface area contributed by atoms with Crippen molar-refractivity contribution in [2.75, 3.05) is 0 Å². The Balaban J connectivity index is 2.28. The lowest BCUT2D eigenvalue weighted by Crippen LogP contribution is -2.38. The summed E-state index contributed by atoms with van der Waals surface area (Å²) in [7, 11) is 0. The number of hydrogen-bond donors (Lipinski definition) is 1. The Hall–Kier alpha value is -1.03. The van der Waals surface area contributed by atoms with Gasteiger partial charge in [0.25, 0.3) is 0 Å². The van der Waals surface area contributed by atoms with Crippen LogP contribution in [0.5, 0.6) is 0 Å². The predicted molar refractivity (Wildman–Crippen MR) is 78.8 cm³/mol. The number of hydrogen-bond acceptors (Lipinski definition) is 1. The number of rotatable bonds is 3. The first-order chi connectivity index (χ1) is 9.87. The molecule has 1 nitrogen and oxygen atoms in total. The molecule has 4 heteroatoms. The monoisotopic (exact) mass is 299 g/mol. The van der Waals surface area contributed by atoms with Gasteiger partial charge in [-0.05, 0) is 36.8 Å². The van der Waals surface area contributed by atoms with Crippen LogP contribution < -0.4 is 5.73 Å². The second-order valence-electron chi connectivity index (χ2n) is 6.29. The summed E-state index contributed by atoms with van der Waals surface area (Å²) in [5.74, 6) is 0.610. The van der Waals surface area contributed by atoms with E-state index in [0.717, 1.165) is 38.2 Å². The summed E-state index contributed by atoms with van der Waals surface area (Å²) < 4.78 is 39.7. The third-order valence-corrected chi connectivity index (χ3v) is 4.70. The van der Waals surface area contributed by atoms with E-state index in [1.54, 1.807) is 12.1 Å². The average molecular weight is 299 g/mol. The summed E-state index contributed by atoms with van der Waals surface area (Å²) in [4.78, 5) is 0. The molecular weight excluding hydrogens is 275 g/mol. The van der Waals surface area contributed by atoms with Crippen molar-refractivity contribution in [2.45, 2.75) is 63.6 Å². The van der Waals surface area contributed by atoms with Gasteiger partial charge in [0.1, 0.15) is 0 Å². The smallest absolute Gasteiger partial charge is 0.321 e. The second-order valence-corrected chi connectivity index (χ2v) is 6.29. The Morgan fingerprint density at radius 3 is 2.57 bits per heavy atom. The predicted octanol–water partition coefficient (Wildman–Crippen LogP) is 5.24. The van der Waals surface area contributed by atoms with Crippen molar-refractivity contribution in [3.05, 3.63) is 35.4 Å². The molecule has 118 valence electrons. The molecule has 0 saturated heterocycles. The highest BCUT2D eigenvalue weighted by Crippen LogP contribution is 2.42. The molecule has 1 saturated carbocycles. The van der Waals surface area contributed by atoms with Crippen molar-refractivity contribution in [3.63, 3.8) is 0 Å². The Morgan fingerprint density at radius 2 is 1.90 bits per heavy atom. The summed E-state index contributed by atoms with van der Waals surface area (Å²) in [6.07, 6.45) is 2.15. The van der Waals surface area contributed by atoms with E-state index >= 15 is 0 Å². The van der Waals surface area contributed by atoms with Gasteiger partial charge in [-0.25, -0.2) is 0 Å². The fraction of sp³-hybridized carbons (Fsp3) is 0.647. The fourth-order valence-electron chi connectivity index (χ4n) is 3.57. The van der Waals surface area contributed by atoms with E-state index in [2.05, 4.69) is 6.92 Å². The standard InChI is InChI=1S/C17H24F3N/c1-2-6-13-7-5-11-16(21,12-10-13)14-8-3-4-9-15(14)17(18,19)20/h3-4,8-9,13H,2,5-7,10-12,21H2,1H3. The Morgan fingerprint density at radius 1 is 1.19 bits per heavy atom. The third-order valence-electron chi connectivity index (χ3n) is 4.70. The lowest BCUT2D eigenvalue weighted by atomic mass is 9.80. The molecule has 1 aliphatic rings. The first-order valence-corrected chi connectivity index (χ1v) is 7.82. The molecule has 0 aromatic heterocycles. The van der Waals surface area contributed by atoms with Gasteiger partial charge in [-0.1, -0.05) is 50.8 Å². The Labute approximate surface area is 124 Å². The lowest BCUT2D eigenvalue weighted by molar-refractivity contribution is -0.138. The van der Waals surface area contributed by atoms with Crippen LogP contribution in [0, 0.1) is 5.92 Å². The molecule has 0 amide bonds. The lowest BCUT2D eigenvalue weighted by Gasteiger charge is -2.31. The molecular formula is C17H24F3N. The molecule has 1 aromatic carbocycles. The van der Waals surface area contributed by atoms with Gasteiger partial charge in [-0.3, -0.25) is 0 Å². The molecule has 0 spiro atoms. The molecule has 2 rings (SSSR count). The van der Waals surface area contributed by atoms with Crippen LogP contribution in [0.1, 0.15) is 63.0 Å². The summed E-state index contributed by atoms with van der Waals surface area (Å²) in [5, 5.41) is 0. The van der Waals surface area contributed by atoms with Crippen LogP contribution in [0.2, 0.25) is 0 Å². The Bertz CT molecular complexity index is 469. The van der Waals surface area contributed by atoms with E-state index < -0.39 is 17.3 Å². The molecule has 0 radical (unpaired) electrons. The van der Waals surface area contributed by atoms with E-state index in [0.29, 0.717) is 18.8 Å². The number of alkyl halides is 3. The zero-order valence-corrected chi connectivity index (χ0v) is 12.5. The fourth-order valence-corrected chi connectivity index (χ4v) is 3.57. The Kier molecular flexibility index (Phi) is 4.97. The van der Waals surface area contributed by atoms with Crippen LogP contribution >= 0.6 is 0 Å². The largest absolute Gasteiger partial charge is 0.416 e. The molecule has 2 atom stereocenters. The number of halogens is 3. The highest BCUT2D eigenvalue weighted by Gasteiger charge is 2.40. The van der Waals surface area contributed by atoms with Gasteiger partial charge < -0.3 is 5.73 Å². The maximum Gasteiger partial charge on any atom is 0.416 e. The quantitative estimate of drug-likeness (QED) is 0.759. The summed E-state index contributed by atoms with van der Waals surface area (Å²) in [6, 6.07) is 5.81. The maximum absolute atomic E-state index is 13.2. The molecule has 21 heavy (non-hydrogen) atoms. The van der Waals surface area contributed by atoms with Gasteiger partial charge >= 0.3 is 6.18 Å². The van der Waals surface area contributed by atoms with Crippen LogP contribution in [0.25, 0.3) is 0 Å². The van der Waals surface area contributed by atoms with Gasteiger partial charge in [-0.15, -0.1) is 0 Å². The first kappa shape index (κ1) is 16.3. The van der Waals surface area contributed by atoms with E-state index in [9.17, 15) is 13.2 Å². The van der Waals surface area contributed by atoms with E-state index in [1.165, 1.54) is 6.07 Å². The molecule has 1 aromatic rings. The SMILES string of the molecule is CCCC1CCCC(N)(c2ccccc2C(F)(F)F)CC1. The number of nitrogens with two attached hydrogens (primary N) is 1. The van der Waals surface area contributed by atoms with Crippen LogP contribution in [0.15, 0.2) is 24.3 Å². The zero-order valence-electron chi connectivity index (χ0n) is 12.5. The minimum atomic E-state index is -4.34. The van der Waals surface area contributed by atoms with Crippen molar-refractivity contribution < 1.29 is 13.2 Å². The van der Waals surface area contributed by atoms with Crippen LogP contribution in [0.4, 0.5) is 13.2 Å². The minimum Gasteiger partial charge on any atom is -0.321 e. The second kappa shape index (κ2) is 6.39. The van der Waals surface area contributed by atoms with E-state index in [1.807, 2.05) is 0 Å². The molecule has 0 heterocycles. The van der Waals surface area contributed by atoms with Crippen LogP contribution in [-0.4, -0.2) is 0 Å². The molecule has 0 aliphatic heterocycles. The first-order valence-electron chi connectivity index (χ1n) is 7.82. The van der Waals surface area contributed by atoms with Gasteiger partial charge in [0.15, 0.2) is 0 Å². The highest BCUT2D eigenvalue weighted by atomic mass is 19.4. The van der Waals surface area contributed by atoms with Gasteiger partial charge in [-0.2, -0.15) is 13.2 Å². The van der Waals surface area contributed by atoms with Crippen molar-refractivity contribution >= 4 is 0 Å². The van der Waals surface area contributed by atoms with Crippen molar-refractivity contribution in [2.24, 2.45) is 11.7 Å². The molecule has 0 bridgehead atoms. The summed E-state index contributed by atoms with van der Waals surface area (Å²) >= 11 is 0. The summed E-state index contributed by atoms with van der Waals surface area (Å²) in [5.41, 5.74) is 5.30. The molecule has 2 N–H and O–H groups in total. The molecule has 1 fully saturated rings. The van der Waals surface area contributed by atoms with E-state index in [4.69, 9.17) is 5.73 Å². The van der Waals surface area contributed by atoms with Gasteiger partial charge in [0, 0.05) is 5.54 Å². The third kappa shape index (κ3) is 3.79. The van der Waals surface area contributed by atoms with Crippen molar-refractivity contribution in [1.82, 2.24) is 0 Å². The minimum absolute atomic E-state index is 0.273. The van der Waals surface area contributed by atoms with Crippen molar-refractivity contribution in [3.8, 4) is 0 Å². The van der Waals surface area contributed by atoms with E-state index in [-0.39, 0.29) is 5.56 Å². The van der Waals surface area contributed by atoms with Crippen molar-refractivity contribution in [1.29, 1.82) is 0 Å². The molecule has 2 unspecified atom stereocenters. The zero-order chi connectivity index (χ0) is 15.5. The average Bonchev–Trinajstić information content (AvgIpc) is 2.62. The maximum atomic E-state index is 13.2. The topological polar surface area (TPSA) is 26.0 Å². The van der Waals surface area contributed by atoms with Gasteiger partial charge in [0.05, 0.1) is 5.56 Å².